The number of nitro groups is 1. The van der Waals surface area contributed by atoms with Crippen LogP contribution in [0.2, 0.25) is 0 Å². The number of nitrogens with one attached hydrogen (secondary N) is 1. The molecule has 1 N–H and O–H groups in total. The van der Waals surface area contributed by atoms with Crippen LogP contribution in [0.5, 0.6) is 5.75 Å². The lowest BCUT2D eigenvalue weighted by Gasteiger charge is -2.32. The topological polar surface area (TPSA) is 102 Å². The second-order valence-electron chi connectivity index (χ2n) is 7.33. The molecule has 31 heavy (non-hydrogen) atoms. The molecule has 2 aromatic carbocycles. The number of methoxy groups -OCH3 is 1. The van der Waals surface area contributed by atoms with Crippen molar-refractivity contribution < 1.29 is 19.2 Å². The zero-order chi connectivity index (χ0) is 22.2. The van der Waals surface area contributed by atoms with E-state index in [1.807, 2.05) is 29.2 Å². The van der Waals surface area contributed by atoms with Gasteiger partial charge in [-0.3, -0.25) is 19.7 Å². The molecule has 0 spiro atoms. The molecule has 1 heterocycles. The molecule has 1 aliphatic rings. The smallest absolute Gasteiger partial charge is 0.269 e. The van der Waals surface area contributed by atoms with Gasteiger partial charge in [0.05, 0.1) is 18.5 Å². The number of nitro benzene ring substituents is 1. The Morgan fingerprint density at radius 1 is 1.16 bits per heavy atom. The summed E-state index contributed by atoms with van der Waals surface area (Å²) in [6, 6.07) is 13.5. The van der Waals surface area contributed by atoms with E-state index in [0.29, 0.717) is 43.7 Å². The van der Waals surface area contributed by atoms with Crippen LogP contribution in [0.1, 0.15) is 24.0 Å². The Morgan fingerprint density at radius 3 is 2.48 bits per heavy atom. The Morgan fingerprint density at radius 2 is 1.84 bits per heavy atom. The number of hydrogen-bond donors (Lipinski definition) is 1. The van der Waals surface area contributed by atoms with Gasteiger partial charge in [-0.25, -0.2) is 0 Å². The fourth-order valence-corrected chi connectivity index (χ4v) is 3.53. The maximum atomic E-state index is 12.6. The summed E-state index contributed by atoms with van der Waals surface area (Å²) in [6.45, 7) is 1.18. The number of non-ortho nitro benzene ring substituents is 1. The van der Waals surface area contributed by atoms with Crippen LogP contribution in [0.25, 0.3) is 6.08 Å². The maximum absolute atomic E-state index is 12.6. The van der Waals surface area contributed by atoms with Gasteiger partial charge in [0.2, 0.25) is 11.8 Å². The molecule has 2 amide bonds. The Bertz CT molecular complexity index is 963. The Balaban J connectivity index is 1.45. The second kappa shape index (κ2) is 10.4. The number of para-hydroxylation sites is 1. The van der Waals surface area contributed by atoms with Crippen LogP contribution in [0.4, 0.5) is 5.69 Å². The van der Waals surface area contributed by atoms with Crippen LogP contribution in [0.3, 0.4) is 0 Å². The number of carbonyl (C=O) groups excluding carboxylic acids is 2. The number of nitrogens with zero attached hydrogens (tertiary/aromatic N) is 2. The van der Waals surface area contributed by atoms with Crippen molar-refractivity contribution in [2.75, 3.05) is 20.2 Å². The molecule has 0 radical (unpaired) electrons. The third-order valence-electron chi connectivity index (χ3n) is 5.26. The van der Waals surface area contributed by atoms with E-state index >= 15 is 0 Å². The van der Waals surface area contributed by atoms with E-state index in [4.69, 9.17) is 4.74 Å². The van der Waals surface area contributed by atoms with Crippen molar-refractivity contribution >= 4 is 23.6 Å². The van der Waals surface area contributed by atoms with Crippen LogP contribution < -0.4 is 10.1 Å². The zero-order valence-electron chi connectivity index (χ0n) is 17.3. The minimum Gasteiger partial charge on any atom is -0.496 e. The van der Waals surface area contributed by atoms with Gasteiger partial charge in [-0.2, -0.15) is 0 Å². The number of benzene rings is 2. The zero-order valence-corrected chi connectivity index (χ0v) is 17.3. The standard InChI is InChI=1S/C23H25N3O5/c1-31-21-5-3-2-4-18(21)16-23(28)25-14-12-19(13-15-25)24-22(27)11-8-17-6-9-20(10-7-17)26(29)30/h2-11,19H,12-16H2,1H3,(H,24,27)/b11-8+. The Labute approximate surface area is 180 Å². The summed E-state index contributed by atoms with van der Waals surface area (Å²) in [5.41, 5.74) is 1.58. The fraction of sp³-hybridized carbons (Fsp3) is 0.304. The van der Waals surface area contributed by atoms with E-state index in [2.05, 4.69) is 5.32 Å². The van der Waals surface area contributed by atoms with Gasteiger partial charge in [0, 0.05) is 42.9 Å². The number of piperidine rings is 1. The Hall–Kier alpha value is -3.68. The van der Waals surface area contributed by atoms with Gasteiger partial charge in [-0.1, -0.05) is 18.2 Å². The summed E-state index contributed by atoms with van der Waals surface area (Å²) in [4.78, 5) is 36.8. The SMILES string of the molecule is COc1ccccc1CC(=O)N1CCC(NC(=O)/C=C/c2ccc([N+](=O)[O-])cc2)CC1. The van der Waals surface area contributed by atoms with Crippen LogP contribution in [-0.2, 0) is 16.0 Å². The predicted octanol–water partition coefficient (Wildman–Crippen LogP) is 2.97. The van der Waals surface area contributed by atoms with Crippen LogP contribution in [-0.4, -0.2) is 47.9 Å². The number of ether oxygens (including phenoxy) is 1. The van der Waals surface area contributed by atoms with Crippen molar-refractivity contribution in [2.45, 2.75) is 25.3 Å². The van der Waals surface area contributed by atoms with E-state index in [1.165, 1.54) is 18.2 Å². The molecule has 0 bridgehead atoms. The largest absolute Gasteiger partial charge is 0.496 e. The van der Waals surface area contributed by atoms with Crippen LogP contribution in [0.15, 0.2) is 54.6 Å². The molecule has 1 fully saturated rings. The summed E-state index contributed by atoms with van der Waals surface area (Å²) in [6.07, 6.45) is 4.70. The molecule has 0 unspecified atom stereocenters. The average molecular weight is 423 g/mol. The second-order valence-corrected chi connectivity index (χ2v) is 7.33. The number of likely N-dealkylation sites (tertiary alicyclic amines) is 1. The molecule has 0 atom stereocenters. The first-order valence-corrected chi connectivity index (χ1v) is 10.1. The van der Waals surface area contributed by atoms with Crippen molar-refractivity contribution in [3.63, 3.8) is 0 Å². The third-order valence-corrected chi connectivity index (χ3v) is 5.26. The van der Waals surface area contributed by atoms with Gasteiger partial charge in [0.25, 0.3) is 5.69 Å². The molecule has 162 valence electrons. The van der Waals surface area contributed by atoms with Gasteiger partial charge < -0.3 is 15.0 Å². The molecule has 8 heteroatoms. The van der Waals surface area contributed by atoms with Crippen molar-refractivity contribution in [3.8, 4) is 5.75 Å². The lowest BCUT2D eigenvalue weighted by atomic mass is 10.0. The normalized spacial score (nSPS) is 14.4. The number of rotatable bonds is 7. The molecule has 1 aliphatic heterocycles. The van der Waals surface area contributed by atoms with Gasteiger partial charge in [0.15, 0.2) is 0 Å². The highest BCUT2D eigenvalue weighted by Gasteiger charge is 2.24. The molecular weight excluding hydrogens is 398 g/mol. The predicted molar refractivity (Wildman–Crippen MR) is 117 cm³/mol. The number of carbonyl (C=O) groups is 2. The molecule has 0 saturated carbocycles. The minimum atomic E-state index is -0.465. The minimum absolute atomic E-state index is 0.00400. The van der Waals surface area contributed by atoms with E-state index < -0.39 is 4.92 Å². The van der Waals surface area contributed by atoms with E-state index in [1.54, 1.807) is 25.3 Å². The summed E-state index contributed by atoms with van der Waals surface area (Å²) in [5.74, 6) is 0.530. The van der Waals surface area contributed by atoms with Gasteiger partial charge >= 0.3 is 0 Å². The lowest BCUT2D eigenvalue weighted by molar-refractivity contribution is -0.384. The Kier molecular flexibility index (Phi) is 7.37. The molecule has 3 rings (SSSR count). The monoisotopic (exact) mass is 423 g/mol. The van der Waals surface area contributed by atoms with Crippen LogP contribution in [0, 0.1) is 10.1 Å². The summed E-state index contributed by atoms with van der Waals surface area (Å²) in [5, 5.41) is 13.6. The van der Waals surface area contributed by atoms with Crippen molar-refractivity contribution in [1.82, 2.24) is 10.2 Å². The van der Waals surface area contributed by atoms with E-state index in [9.17, 15) is 19.7 Å². The summed E-state index contributed by atoms with van der Waals surface area (Å²) in [7, 11) is 1.59. The van der Waals surface area contributed by atoms with Gasteiger partial charge in [-0.15, -0.1) is 0 Å². The van der Waals surface area contributed by atoms with Crippen molar-refractivity contribution in [3.05, 3.63) is 75.8 Å². The van der Waals surface area contributed by atoms with E-state index in [-0.39, 0.29) is 23.5 Å². The first kappa shape index (κ1) is 22.0. The quantitative estimate of drug-likeness (QED) is 0.419. The molecular formula is C23H25N3O5. The maximum Gasteiger partial charge on any atom is 0.269 e. The molecule has 0 aromatic heterocycles. The highest BCUT2D eigenvalue weighted by atomic mass is 16.6. The molecule has 1 saturated heterocycles. The van der Waals surface area contributed by atoms with Crippen molar-refractivity contribution in [1.29, 1.82) is 0 Å². The number of amides is 2. The van der Waals surface area contributed by atoms with Gasteiger partial charge in [0.1, 0.15) is 5.75 Å². The first-order valence-electron chi connectivity index (χ1n) is 10.1. The van der Waals surface area contributed by atoms with Gasteiger partial charge in [-0.05, 0) is 42.7 Å². The first-order chi connectivity index (χ1) is 15.0. The third kappa shape index (κ3) is 6.15. The van der Waals surface area contributed by atoms with Crippen molar-refractivity contribution in [2.24, 2.45) is 0 Å². The highest BCUT2D eigenvalue weighted by molar-refractivity contribution is 5.92. The summed E-state index contributed by atoms with van der Waals surface area (Å²) >= 11 is 0. The van der Waals surface area contributed by atoms with Crippen LogP contribution >= 0.6 is 0 Å². The molecule has 0 aliphatic carbocycles. The van der Waals surface area contributed by atoms with E-state index in [0.717, 1.165) is 5.56 Å². The molecule has 2 aromatic rings. The lowest BCUT2D eigenvalue weighted by Crippen LogP contribution is -2.46. The average Bonchev–Trinajstić information content (AvgIpc) is 2.78. The molecule has 8 nitrogen and oxygen atoms in total. The fourth-order valence-electron chi connectivity index (χ4n) is 3.53. The highest BCUT2D eigenvalue weighted by Crippen LogP contribution is 2.20. The number of hydrogen-bond acceptors (Lipinski definition) is 5. The summed E-state index contributed by atoms with van der Waals surface area (Å²) < 4.78 is 5.31.